The summed E-state index contributed by atoms with van der Waals surface area (Å²) in [5.74, 6) is -0.260. The normalized spacial score (nSPS) is 9.05. The summed E-state index contributed by atoms with van der Waals surface area (Å²) >= 11 is 0. The molecule has 2 aromatic rings. The van der Waals surface area contributed by atoms with Crippen molar-refractivity contribution >= 4 is 11.7 Å². The predicted molar refractivity (Wildman–Crippen MR) is 73.1 cm³/mol. The Morgan fingerprint density at radius 1 is 1.20 bits per heavy atom. The van der Waals surface area contributed by atoms with Gasteiger partial charge < -0.3 is 4.74 Å². The quantitative estimate of drug-likeness (QED) is 0.487. The molecule has 0 aliphatic carbocycles. The van der Waals surface area contributed by atoms with Crippen LogP contribution in [0.4, 0.5) is 5.69 Å². The number of nitrogens with zero attached hydrogens (tertiary/aromatic N) is 2. The Kier molecular flexibility index (Phi) is 6.40. The van der Waals surface area contributed by atoms with Crippen molar-refractivity contribution in [3.05, 3.63) is 70.5 Å². The van der Waals surface area contributed by atoms with Crippen LogP contribution < -0.4 is 0 Å². The van der Waals surface area contributed by atoms with Gasteiger partial charge in [0.05, 0.1) is 24.1 Å². The van der Waals surface area contributed by atoms with Gasteiger partial charge in [0.25, 0.3) is 5.69 Å². The number of rotatable bonds is 3. The lowest BCUT2D eigenvalue weighted by atomic mass is 10.3. The molecule has 0 saturated heterocycles. The van der Waals surface area contributed by atoms with Gasteiger partial charge in [-0.2, -0.15) is 0 Å². The third-order valence-electron chi connectivity index (χ3n) is 2.25. The largest absolute Gasteiger partial charge is 0.469 e. The molecule has 6 nitrogen and oxygen atoms in total. The van der Waals surface area contributed by atoms with Gasteiger partial charge in [-0.1, -0.05) is 24.3 Å². The predicted octanol–water partition coefficient (Wildman–Crippen LogP) is 2.39. The number of hydrogen-bond donors (Lipinski definition) is 0. The van der Waals surface area contributed by atoms with E-state index in [1.165, 1.54) is 19.2 Å². The molecular formula is C14H14N2O4. The van der Waals surface area contributed by atoms with Crippen LogP contribution in [0.3, 0.4) is 0 Å². The van der Waals surface area contributed by atoms with E-state index >= 15 is 0 Å². The highest BCUT2D eigenvalue weighted by Crippen LogP contribution is 2.06. The molecule has 0 fully saturated rings. The Balaban J connectivity index is 0.000000204. The number of non-ortho nitro benzene ring substituents is 1. The lowest BCUT2D eigenvalue weighted by Crippen LogP contribution is -2.05. The molecule has 1 heterocycles. The number of benzene rings is 1. The standard InChI is InChI=1S/C8H9NO2.C6H5NO2/c1-11-8(10)6-7-4-2-3-5-9-7;8-7(9)6-4-2-1-3-5-6/h2-5H,6H2,1H3;1-5H. The topological polar surface area (TPSA) is 82.3 Å². The van der Waals surface area contributed by atoms with Crippen LogP contribution in [-0.4, -0.2) is 23.0 Å². The minimum absolute atomic E-state index is 0.137. The molecule has 0 unspecified atom stereocenters. The molecule has 0 bridgehead atoms. The number of nitro benzene ring substituents is 1. The highest BCUT2D eigenvalue weighted by molar-refractivity contribution is 5.71. The molecular weight excluding hydrogens is 260 g/mol. The zero-order valence-electron chi connectivity index (χ0n) is 10.9. The maximum Gasteiger partial charge on any atom is 0.311 e. The number of carbonyl (C=O) groups excluding carboxylic acids is 1. The second-order valence-corrected chi connectivity index (χ2v) is 3.67. The Labute approximate surface area is 116 Å². The summed E-state index contributed by atoms with van der Waals surface area (Å²) in [6.45, 7) is 0. The zero-order valence-corrected chi connectivity index (χ0v) is 10.9. The molecule has 0 radical (unpaired) electrons. The van der Waals surface area contributed by atoms with Gasteiger partial charge in [0.1, 0.15) is 0 Å². The average molecular weight is 274 g/mol. The minimum atomic E-state index is -0.417. The van der Waals surface area contributed by atoms with Crippen LogP contribution in [0.25, 0.3) is 0 Å². The highest BCUT2D eigenvalue weighted by Gasteiger charge is 2.01. The van der Waals surface area contributed by atoms with Crippen molar-refractivity contribution in [2.24, 2.45) is 0 Å². The van der Waals surface area contributed by atoms with Crippen LogP contribution in [0.5, 0.6) is 0 Å². The third kappa shape index (κ3) is 5.72. The Hall–Kier alpha value is -2.76. The third-order valence-corrected chi connectivity index (χ3v) is 2.25. The number of carbonyl (C=O) groups is 1. The number of aromatic nitrogens is 1. The van der Waals surface area contributed by atoms with Crippen LogP contribution in [0, 0.1) is 10.1 Å². The highest BCUT2D eigenvalue weighted by atomic mass is 16.6. The van der Waals surface area contributed by atoms with Crippen LogP contribution in [-0.2, 0) is 16.0 Å². The van der Waals surface area contributed by atoms with Crippen molar-refractivity contribution in [1.29, 1.82) is 0 Å². The second kappa shape index (κ2) is 8.36. The second-order valence-electron chi connectivity index (χ2n) is 3.67. The molecule has 0 amide bonds. The minimum Gasteiger partial charge on any atom is -0.469 e. The average Bonchev–Trinajstić information content (AvgIpc) is 2.49. The summed E-state index contributed by atoms with van der Waals surface area (Å²) in [6, 6.07) is 13.4. The summed E-state index contributed by atoms with van der Waals surface area (Å²) in [6.07, 6.45) is 1.90. The Morgan fingerprint density at radius 2 is 1.85 bits per heavy atom. The van der Waals surface area contributed by atoms with E-state index in [-0.39, 0.29) is 18.1 Å². The Morgan fingerprint density at radius 3 is 2.30 bits per heavy atom. The van der Waals surface area contributed by atoms with Gasteiger partial charge in [0, 0.05) is 18.3 Å². The van der Waals surface area contributed by atoms with Crippen LogP contribution >= 0.6 is 0 Å². The van der Waals surface area contributed by atoms with Crippen molar-refractivity contribution in [3.8, 4) is 0 Å². The van der Waals surface area contributed by atoms with Crippen LogP contribution in [0.2, 0.25) is 0 Å². The lowest BCUT2D eigenvalue weighted by molar-refractivity contribution is -0.384. The maximum absolute atomic E-state index is 10.7. The van der Waals surface area contributed by atoms with E-state index in [1.807, 2.05) is 6.07 Å². The van der Waals surface area contributed by atoms with Gasteiger partial charge in [-0.3, -0.25) is 19.9 Å². The molecule has 2 rings (SSSR count). The fourth-order valence-corrected chi connectivity index (χ4v) is 1.27. The molecule has 20 heavy (non-hydrogen) atoms. The van der Waals surface area contributed by atoms with Gasteiger partial charge in [-0.15, -0.1) is 0 Å². The molecule has 6 heteroatoms. The fraction of sp³-hybridized carbons (Fsp3) is 0.143. The monoisotopic (exact) mass is 274 g/mol. The molecule has 1 aromatic heterocycles. The summed E-state index contributed by atoms with van der Waals surface area (Å²) in [7, 11) is 1.37. The number of hydrogen-bond acceptors (Lipinski definition) is 5. The molecule has 0 spiro atoms. The summed E-state index contributed by atoms with van der Waals surface area (Å²) < 4.78 is 4.48. The van der Waals surface area contributed by atoms with E-state index in [0.717, 1.165) is 5.69 Å². The molecule has 0 N–H and O–H groups in total. The lowest BCUT2D eigenvalue weighted by Gasteiger charge is -1.96. The SMILES string of the molecule is COC(=O)Cc1ccccn1.O=[N+]([O-])c1ccccc1. The van der Waals surface area contributed by atoms with Gasteiger partial charge in [0.15, 0.2) is 0 Å². The maximum atomic E-state index is 10.7. The number of pyridine rings is 1. The Bertz CT molecular complexity index is 544. The smallest absolute Gasteiger partial charge is 0.311 e. The van der Waals surface area contributed by atoms with E-state index in [0.29, 0.717) is 0 Å². The summed E-state index contributed by atoms with van der Waals surface area (Å²) in [4.78, 5) is 24.3. The fourth-order valence-electron chi connectivity index (χ4n) is 1.27. The van der Waals surface area contributed by atoms with E-state index < -0.39 is 4.92 Å². The van der Waals surface area contributed by atoms with Crippen molar-refractivity contribution < 1.29 is 14.5 Å². The first kappa shape index (κ1) is 15.3. The molecule has 104 valence electrons. The van der Waals surface area contributed by atoms with Crippen molar-refractivity contribution in [1.82, 2.24) is 4.98 Å². The van der Waals surface area contributed by atoms with E-state index in [4.69, 9.17) is 0 Å². The van der Waals surface area contributed by atoms with E-state index in [1.54, 1.807) is 36.5 Å². The number of esters is 1. The van der Waals surface area contributed by atoms with Crippen LogP contribution in [0.15, 0.2) is 54.7 Å². The molecule has 0 aliphatic heterocycles. The zero-order chi connectivity index (χ0) is 14.8. The van der Waals surface area contributed by atoms with Crippen molar-refractivity contribution in [3.63, 3.8) is 0 Å². The summed E-state index contributed by atoms with van der Waals surface area (Å²) in [5.41, 5.74) is 0.872. The molecule has 0 saturated carbocycles. The first-order chi connectivity index (χ1) is 9.63. The summed E-state index contributed by atoms with van der Waals surface area (Å²) in [5, 5.41) is 10.0. The van der Waals surface area contributed by atoms with E-state index in [2.05, 4.69) is 9.72 Å². The first-order valence-corrected chi connectivity index (χ1v) is 5.79. The van der Waals surface area contributed by atoms with Gasteiger partial charge in [-0.25, -0.2) is 0 Å². The van der Waals surface area contributed by atoms with Gasteiger partial charge in [-0.05, 0) is 12.1 Å². The number of methoxy groups -OCH3 is 1. The van der Waals surface area contributed by atoms with Crippen molar-refractivity contribution in [2.75, 3.05) is 7.11 Å². The van der Waals surface area contributed by atoms with Crippen LogP contribution in [0.1, 0.15) is 5.69 Å². The van der Waals surface area contributed by atoms with E-state index in [9.17, 15) is 14.9 Å². The first-order valence-electron chi connectivity index (χ1n) is 5.79. The van der Waals surface area contributed by atoms with Gasteiger partial charge >= 0.3 is 5.97 Å². The molecule has 0 aliphatic rings. The molecule has 1 aromatic carbocycles. The number of para-hydroxylation sites is 1. The molecule has 0 atom stereocenters. The van der Waals surface area contributed by atoms with Gasteiger partial charge in [0.2, 0.25) is 0 Å². The van der Waals surface area contributed by atoms with Crippen molar-refractivity contribution in [2.45, 2.75) is 6.42 Å². The number of nitro groups is 1. The number of ether oxygens (including phenoxy) is 1.